The van der Waals surface area contributed by atoms with Crippen LogP contribution in [0.5, 0.6) is 0 Å². The van der Waals surface area contributed by atoms with Crippen molar-refractivity contribution in [2.24, 2.45) is 0 Å². The van der Waals surface area contributed by atoms with E-state index in [1.807, 2.05) is 54.5 Å². The number of hydrogen-bond donors (Lipinski definition) is 0. The first-order valence-electron chi connectivity index (χ1n) is 9.55. The number of hydrogen-bond acceptors (Lipinski definition) is 6. The van der Waals surface area contributed by atoms with E-state index in [0.29, 0.717) is 0 Å². The van der Waals surface area contributed by atoms with Crippen LogP contribution in [0.15, 0.2) is 73.3 Å². The maximum absolute atomic E-state index is 3.24. The van der Waals surface area contributed by atoms with E-state index < -0.39 is 0 Å². The second-order valence-corrected chi connectivity index (χ2v) is 7.16. The van der Waals surface area contributed by atoms with Crippen LogP contribution in [0.1, 0.15) is 0 Å². The summed E-state index contributed by atoms with van der Waals surface area (Å²) in [6, 6.07) is 19.6. The molecule has 3 heterocycles. The molecule has 0 fully saturated rings. The van der Waals surface area contributed by atoms with Gasteiger partial charge in [0.1, 0.15) is 0 Å². The number of rotatable bonds is 3. The van der Waals surface area contributed by atoms with Crippen molar-refractivity contribution in [1.82, 2.24) is 19.6 Å². The van der Waals surface area contributed by atoms with E-state index in [4.69, 9.17) is 0 Å². The Bertz CT molecular complexity index is 847. The van der Waals surface area contributed by atoms with Gasteiger partial charge < -0.3 is 29.4 Å². The molecule has 0 unspecified atom stereocenters. The molecular weight excluding hydrogens is 555 g/mol. The monoisotopic (exact) mass is 581 g/mol. The molecule has 0 bridgehead atoms. The second kappa shape index (κ2) is 9.94. The summed E-state index contributed by atoms with van der Waals surface area (Å²) in [7, 11) is 6.10. The minimum absolute atomic E-state index is 0. The molecule has 7 heteroatoms. The fraction of sp³-hybridized carbons (Fsp3) is 0.174. The van der Waals surface area contributed by atoms with Crippen molar-refractivity contribution < 1.29 is 21.1 Å². The van der Waals surface area contributed by atoms with Crippen LogP contribution in [0.25, 0.3) is 0 Å². The van der Waals surface area contributed by atoms with Crippen LogP contribution in [0.3, 0.4) is 0 Å². The molecule has 6 nitrogen and oxygen atoms in total. The fourth-order valence-corrected chi connectivity index (χ4v) is 3.35. The Kier molecular flexibility index (Phi) is 7.33. The Balaban J connectivity index is 0.000000169. The van der Waals surface area contributed by atoms with E-state index in [1.165, 1.54) is 11.4 Å². The second-order valence-electron chi connectivity index (χ2n) is 7.16. The van der Waals surface area contributed by atoms with Crippen LogP contribution >= 0.6 is 0 Å². The van der Waals surface area contributed by atoms with Crippen LogP contribution in [0, 0.1) is 26.1 Å². The van der Waals surface area contributed by atoms with Crippen molar-refractivity contribution in [3.8, 4) is 0 Å². The molecule has 0 aliphatic carbocycles. The topological polar surface area (TPSA) is 19.4 Å². The number of benzene rings is 2. The van der Waals surface area contributed by atoms with Gasteiger partial charge in [0.15, 0.2) is 0 Å². The first kappa shape index (κ1) is 22.1. The minimum atomic E-state index is 0. The third-order valence-corrected chi connectivity index (χ3v) is 4.74. The maximum atomic E-state index is 3.24. The van der Waals surface area contributed by atoms with Crippen molar-refractivity contribution in [2.45, 2.75) is 0 Å². The summed E-state index contributed by atoms with van der Waals surface area (Å²) in [5.74, 6) is 0. The summed E-state index contributed by atoms with van der Waals surface area (Å²) in [5.41, 5.74) is 3.49. The third-order valence-electron chi connectivity index (χ3n) is 4.74. The smallest absolute Gasteiger partial charge is 0.511 e. The molecule has 2 aromatic carbocycles. The first-order valence-corrected chi connectivity index (χ1v) is 9.55. The molecule has 158 valence electrons. The SMILES string of the molecule is CN1C=CN(CN2C=CN(C)[CH-]2)[CH-]1.CN1[CH-]N(c2[c-]cccc2)c2ccccc21.[Pt+4]. The van der Waals surface area contributed by atoms with Gasteiger partial charge >= 0.3 is 21.1 Å². The van der Waals surface area contributed by atoms with Gasteiger partial charge in [-0.05, 0) is 58.1 Å². The summed E-state index contributed by atoms with van der Waals surface area (Å²) in [4.78, 5) is 12.6. The number of fused-ring (bicyclic) bond motifs is 1. The van der Waals surface area contributed by atoms with Gasteiger partial charge in [0.2, 0.25) is 0 Å². The molecule has 0 amide bonds. The third kappa shape index (κ3) is 5.11. The van der Waals surface area contributed by atoms with E-state index in [1.54, 1.807) is 0 Å². The van der Waals surface area contributed by atoms with Gasteiger partial charge in [0.05, 0.1) is 0 Å². The van der Waals surface area contributed by atoms with E-state index in [2.05, 4.69) is 95.5 Å². The fourth-order valence-electron chi connectivity index (χ4n) is 3.35. The van der Waals surface area contributed by atoms with Crippen molar-refractivity contribution in [3.63, 3.8) is 0 Å². The molecule has 3 aliphatic rings. The zero-order valence-electron chi connectivity index (χ0n) is 17.4. The Hall–Kier alpha value is -2.59. The molecule has 0 spiro atoms. The quantitative estimate of drug-likeness (QED) is 0.511. The van der Waals surface area contributed by atoms with E-state index in [9.17, 15) is 0 Å². The van der Waals surface area contributed by atoms with Crippen LogP contribution in [0.4, 0.5) is 17.1 Å². The van der Waals surface area contributed by atoms with E-state index in [0.717, 1.165) is 12.4 Å². The molecule has 30 heavy (non-hydrogen) atoms. The van der Waals surface area contributed by atoms with Crippen molar-refractivity contribution in [3.05, 3.63) is 99.4 Å². The normalized spacial score (nSPS) is 16.6. The molecule has 0 aromatic heterocycles. The van der Waals surface area contributed by atoms with Gasteiger partial charge in [-0.3, -0.25) is 0 Å². The standard InChI is InChI=1S/C14H12N2.C9H14N4.Pt/c1-15-11-16(12-7-3-2-4-8-12)14-10-6-5-9-13(14)15;1-10-3-5-12(7-10)9-13-6-4-11(2)8-13;/h2-7,9-11H,1H3;3-8H,9H2,1-2H3;/q2*-2;+4. The average molecular weight is 582 g/mol. The summed E-state index contributed by atoms with van der Waals surface area (Å²) in [6.07, 6.45) is 8.17. The van der Waals surface area contributed by atoms with Crippen LogP contribution in [-0.4, -0.2) is 47.4 Å². The van der Waals surface area contributed by atoms with Gasteiger partial charge in [-0.2, -0.15) is 50.3 Å². The van der Waals surface area contributed by atoms with E-state index in [-0.39, 0.29) is 21.1 Å². The zero-order chi connectivity index (χ0) is 20.2. The molecule has 3 aliphatic heterocycles. The molecule has 2 aromatic rings. The molecule has 0 saturated carbocycles. The summed E-state index contributed by atoms with van der Waals surface area (Å²) < 4.78 is 0. The number of para-hydroxylation sites is 3. The van der Waals surface area contributed by atoms with Gasteiger partial charge in [-0.25, -0.2) is 0 Å². The molecular formula is C23H26N6Pt. The van der Waals surface area contributed by atoms with Gasteiger partial charge in [0.25, 0.3) is 0 Å². The number of anilines is 3. The predicted octanol–water partition coefficient (Wildman–Crippen LogP) is 3.81. The Morgan fingerprint density at radius 3 is 1.87 bits per heavy atom. The van der Waals surface area contributed by atoms with Crippen LogP contribution in [-0.2, 0) is 21.1 Å². The van der Waals surface area contributed by atoms with Gasteiger partial charge in [-0.15, -0.1) is 5.69 Å². The summed E-state index contributed by atoms with van der Waals surface area (Å²) in [5, 5.41) is 0. The van der Waals surface area contributed by atoms with Crippen molar-refractivity contribution in [1.29, 1.82) is 0 Å². The average Bonchev–Trinajstić information content (AvgIpc) is 3.43. The largest absolute Gasteiger partial charge is 4.00 e. The Labute approximate surface area is 194 Å². The molecule has 0 radical (unpaired) electrons. The van der Waals surface area contributed by atoms with Gasteiger partial charge in [0, 0.05) is 18.0 Å². The van der Waals surface area contributed by atoms with Crippen LogP contribution in [0.2, 0.25) is 0 Å². The number of nitrogens with zero attached hydrogens (tertiary/aromatic N) is 6. The maximum Gasteiger partial charge on any atom is 4.00 e. The molecule has 5 rings (SSSR count). The molecule has 0 atom stereocenters. The predicted molar refractivity (Wildman–Crippen MR) is 118 cm³/mol. The van der Waals surface area contributed by atoms with Crippen molar-refractivity contribution in [2.75, 3.05) is 37.6 Å². The summed E-state index contributed by atoms with van der Waals surface area (Å²) in [6.45, 7) is 7.05. The summed E-state index contributed by atoms with van der Waals surface area (Å²) >= 11 is 0. The Morgan fingerprint density at radius 2 is 1.33 bits per heavy atom. The zero-order valence-corrected chi connectivity index (χ0v) is 19.6. The molecule has 0 N–H and O–H groups in total. The Morgan fingerprint density at radius 1 is 0.733 bits per heavy atom. The van der Waals surface area contributed by atoms with E-state index >= 15 is 0 Å². The van der Waals surface area contributed by atoms with Crippen LogP contribution < -0.4 is 9.80 Å². The first-order chi connectivity index (χ1) is 14.1. The molecule has 0 saturated heterocycles. The van der Waals surface area contributed by atoms with Gasteiger partial charge in [-0.1, -0.05) is 12.1 Å². The minimum Gasteiger partial charge on any atom is -0.511 e. The van der Waals surface area contributed by atoms with Crippen molar-refractivity contribution >= 4 is 17.1 Å².